The first-order chi connectivity index (χ1) is 9.97. The van der Waals surface area contributed by atoms with Crippen molar-refractivity contribution in [1.82, 2.24) is 4.72 Å². The average Bonchev–Trinajstić information content (AvgIpc) is 2.81. The molecule has 2 aromatic carbocycles. The highest BCUT2D eigenvalue weighted by Crippen LogP contribution is 2.33. The van der Waals surface area contributed by atoms with Gasteiger partial charge in [0, 0.05) is 10.5 Å². The van der Waals surface area contributed by atoms with Gasteiger partial charge in [0.05, 0.1) is 5.02 Å². The molecule has 0 fully saturated rings. The fraction of sp³-hybridized carbons (Fsp3) is 0.200. The third-order valence-corrected chi connectivity index (χ3v) is 6.06. The molecule has 0 aromatic heterocycles. The molecular formula is C15H13BrClNO2S. The summed E-state index contributed by atoms with van der Waals surface area (Å²) in [7, 11) is -3.64. The largest absolute Gasteiger partial charge is 0.242 e. The SMILES string of the molecule is O=S(=O)(N[C@@H]1CCc2ccccc21)c1ccc(Br)cc1Cl. The molecular weight excluding hydrogens is 374 g/mol. The van der Waals surface area contributed by atoms with Gasteiger partial charge in [0.1, 0.15) is 4.90 Å². The maximum atomic E-state index is 12.5. The third kappa shape index (κ3) is 3.01. The van der Waals surface area contributed by atoms with Crippen LogP contribution in [0.3, 0.4) is 0 Å². The van der Waals surface area contributed by atoms with E-state index < -0.39 is 10.0 Å². The molecule has 0 heterocycles. The van der Waals surface area contributed by atoms with Gasteiger partial charge in [-0.3, -0.25) is 0 Å². The van der Waals surface area contributed by atoms with Crippen molar-refractivity contribution in [3.05, 3.63) is 63.1 Å². The fourth-order valence-corrected chi connectivity index (χ4v) is 4.91. The number of halogens is 2. The molecule has 0 saturated heterocycles. The number of hydrogen-bond acceptors (Lipinski definition) is 2. The zero-order chi connectivity index (χ0) is 15.0. The van der Waals surface area contributed by atoms with Gasteiger partial charge in [-0.1, -0.05) is 51.8 Å². The van der Waals surface area contributed by atoms with Gasteiger partial charge in [-0.15, -0.1) is 0 Å². The van der Waals surface area contributed by atoms with Crippen LogP contribution >= 0.6 is 27.5 Å². The molecule has 0 radical (unpaired) electrons. The van der Waals surface area contributed by atoms with Crippen molar-refractivity contribution in [1.29, 1.82) is 0 Å². The van der Waals surface area contributed by atoms with Crippen LogP contribution in [0.5, 0.6) is 0 Å². The molecule has 0 amide bonds. The van der Waals surface area contributed by atoms with E-state index in [1.165, 1.54) is 11.6 Å². The molecule has 1 aliphatic carbocycles. The van der Waals surface area contributed by atoms with Crippen LogP contribution in [0.2, 0.25) is 5.02 Å². The lowest BCUT2D eigenvalue weighted by Gasteiger charge is -2.15. The number of aryl methyl sites for hydroxylation is 1. The minimum atomic E-state index is -3.64. The van der Waals surface area contributed by atoms with Crippen molar-refractivity contribution in [2.24, 2.45) is 0 Å². The Morgan fingerprint density at radius 2 is 1.95 bits per heavy atom. The second-order valence-corrected chi connectivity index (χ2v) is 7.99. The molecule has 6 heteroatoms. The molecule has 1 aliphatic rings. The summed E-state index contributed by atoms with van der Waals surface area (Å²) in [6, 6.07) is 12.5. The van der Waals surface area contributed by atoms with Crippen molar-refractivity contribution in [3.63, 3.8) is 0 Å². The number of sulfonamides is 1. The molecule has 2 aromatic rings. The number of fused-ring (bicyclic) bond motifs is 1. The van der Waals surface area contributed by atoms with E-state index in [-0.39, 0.29) is 16.0 Å². The Kier molecular flexibility index (Phi) is 4.10. The van der Waals surface area contributed by atoms with Crippen LogP contribution < -0.4 is 4.72 Å². The van der Waals surface area contributed by atoms with Crippen LogP contribution in [0.4, 0.5) is 0 Å². The van der Waals surface area contributed by atoms with Crippen molar-refractivity contribution < 1.29 is 8.42 Å². The summed E-state index contributed by atoms with van der Waals surface area (Å²) in [5, 5.41) is 0.211. The zero-order valence-electron chi connectivity index (χ0n) is 11.0. The minimum Gasteiger partial charge on any atom is -0.207 e. The molecule has 0 bridgehead atoms. The summed E-state index contributed by atoms with van der Waals surface area (Å²) in [5.41, 5.74) is 2.25. The molecule has 0 spiro atoms. The lowest BCUT2D eigenvalue weighted by Crippen LogP contribution is -2.27. The van der Waals surface area contributed by atoms with Crippen molar-refractivity contribution in [2.45, 2.75) is 23.8 Å². The predicted octanol–water partition coefficient (Wildman–Crippen LogP) is 4.07. The molecule has 3 nitrogen and oxygen atoms in total. The maximum absolute atomic E-state index is 12.5. The molecule has 0 aliphatic heterocycles. The first kappa shape index (κ1) is 15.0. The van der Waals surface area contributed by atoms with E-state index in [9.17, 15) is 8.42 Å². The summed E-state index contributed by atoms with van der Waals surface area (Å²) in [4.78, 5) is 0.108. The highest BCUT2D eigenvalue weighted by atomic mass is 79.9. The monoisotopic (exact) mass is 385 g/mol. The second-order valence-electron chi connectivity index (χ2n) is 4.99. The van der Waals surface area contributed by atoms with E-state index in [0.29, 0.717) is 0 Å². The molecule has 1 N–H and O–H groups in total. The van der Waals surface area contributed by atoms with E-state index >= 15 is 0 Å². The normalized spacial score (nSPS) is 17.7. The molecule has 0 unspecified atom stereocenters. The quantitative estimate of drug-likeness (QED) is 0.864. The van der Waals surface area contributed by atoms with Gasteiger partial charge in [0.15, 0.2) is 0 Å². The Morgan fingerprint density at radius 3 is 2.71 bits per heavy atom. The number of nitrogens with one attached hydrogen (secondary N) is 1. The van der Waals surface area contributed by atoms with Gasteiger partial charge in [-0.2, -0.15) is 0 Å². The first-order valence-corrected chi connectivity index (χ1v) is 9.18. The van der Waals surface area contributed by atoms with E-state index in [2.05, 4.69) is 20.7 Å². The Bertz CT molecular complexity index is 792. The topological polar surface area (TPSA) is 46.2 Å². The summed E-state index contributed by atoms with van der Waals surface area (Å²) in [6.45, 7) is 0. The van der Waals surface area contributed by atoms with Crippen LogP contribution in [0.15, 0.2) is 51.8 Å². The summed E-state index contributed by atoms with van der Waals surface area (Å²) >= 11 is 9.32. The maximum Gasteiger partial charge on any atom is 0.242 e. The standard InChI is InChI=1S/C15H13BrClNO2S/c16-11-6-8-15(13(17)9-11)21(19,20)18-14-7-5-10-3-1-2-4-12(10)14/h1-4,6,8-9,14,18H,5,7H2/t14-/m1/s1. The molecule has 0 saturated carbocycles. The van der Waals surface area contributed by atoms with Crippen LogP contribution in [0.1, 0.15) is 23.6 Å². The van der Waals surface area contributed by atoms with Gasteiger partial charge in [-0.25, -0.2) is 13.1 Å². The smallest absolute Gasteiger partial charge is 0.207 e. The predicted molar refractivity (Wildman–Crippen MR) is 87.0 cm³/mol. The van der Waals surface area contributed by atoms with Crippen molar-refractivity contribution >= 4 is 37.6 Å². The van der Waals surface area contributed by atoms with Gasteiger partial charge in [0.25, 0.3) is 0 Å². The summed E-state index contributed by atoms with van der Waals surface area (Å²) < 4.78 is 28.5. The third-order valence-electron chi connectivity index (χ3n) is 3.61. The minimum absolute atomic E-state index is 0.108. The van der Waals surface area contributed by atoms with Crippen molar-refractivity contribution in [2.75, 3.05) is 0 Å². The average molecular weight is 387 g/mol. The summed E-state index contributed by atoms with van der Waals surface area (Å²) in [5.74, 6) is 0. The number of rotatable bonds is 3. The molecule has 3 rings (SSSR count). The van der Waals surface area contributed by atoms with E-state index in [1.54, 1.807) is 12.1 Å². The van der Waals surface area contributed by atoms with Gasteiger partial charge < -0.3 is 0 Å². The lowest BCUT2D eigenvalue weighted by molar-refractivity contribution is 0.554. The Labute approximate surface area is 137 Å². The Balaban J connectivity index is 1.91. The molecule has 110 valence electrons. The van der Waals surface area contributed by atoms with E-state index in [0.717, 1.165) is 22.9 Å². The van der Waals surface area contributed by atoms with Crippen LogP contribution in [0, 0.1) is 0 Å². The van der Waals surface area contributed by atoms with Gasteiger partial charge in [0.2, 0.25) is 10.0 Å². The van der Waals surface area contributed by atoms with E-state index in [4.69, 9.17) is 11.6 Å². The van der Waals surface area contributed by atoms with Gasteiger partial charge in [-0.05, 0) is 42.2 Å². The zero-order valence-corrected chi connectivity index (χ0v) is 14.2. The molecule has 21 heavy (non-hydrogen) atoms. The summed E-state index contributed by atoms with van der Waals surface area (Å²) in [6.07, 6.45) is 1.66. The van der Waals surface area contributed by atoms with Crippen LogP contribution in [-0.2, 0) is 16.4 Å². The highest BCUT2D eigenvalue weighted by molar-refractivity contribution is 9.10. The second kappa shape index (κ2) is 5.72. The van der Waals surface area contributed by atoms with Crippen LogP contribution in [-0.4, -0.2) is 8.42 Å². The van der Waals surface area contributed by atoms with E-state index in [1.807, 2.05) is 24.3 Å². The Hall–Kier alpha value is -0.880. The van der Waals surface area contributed by atoms with Crippen molar-refractivity contribution in [3.8, 4) is 0 Å². The number of benzene rings is 2. The van der Waals surface area contributed by atoms with Crippen LogP contribution in [0.25, 0.3) is 0 Å². The molecule has 1 atom stereocenters. The first-order valence-electron chi connectivity index (χ1n) is 6.52. The van der Waals surface area contributed by atoms with Gasteiger partial charge >= 0.3 is 0 Å². The fourth-order valence-electron chi connectivity index (χ4n) is 2.62. The lowest BCUT2D eigenvalue weighted by atomic mass is 10.1. The number of hydrogen-bond donors (Lipinski definition) is 1. The highest BCUT2D eigenvalue weighted by Gasteiger charge is 2.28. The Morgan fingerprint density at radius 1 is 1.19 bits per heavy atom.